The number of carbonyl (C=O) groups is 1. The van der Waals surface area contributed by atoms with Crippen molar-refractivity contribution < 1.29 is 9.90 Å². The van der Waals surface area contributed by atoms with Gasteiger partial charge >= 0.3 is 5.97 Å². The highest BCUT2D eigenvalue weighted by Crippen LogP contribution is 2.17. The van der Waals surface area contributed by atoms with Crippen molar-refractivity contribution in [2.24, 2.45) is 0 Å². The highest BCUT2D eigenvalue weighted by Gasteiger charge is 2.18. The molecule has 2 aromatic rings. The first-order valence-corrected chi connectivity index (χ1v) is 6.36. The van der Waals surface area contributed by atoms with E-state index in [0.717, 1.165) is 22.4 Å². The van der Waals surface area contributed by atoms with Gasteiger partial charge in [0.2, 0.25) is 0 Å². The number of benzene rings is 1. The molecule has 104 valence electrons. The predicted octanol–water partition coefficient (Wildman–Crippen LogP) is 2.77. The first-order chi connectivity index (χ1) is 9.32. The number of aryl methyl sites for hydroxylation is 3. The molecule has 1 aromatic heterocycles. The van der Waals surface area contributed by atoms with Crippen LogP contribution in [0, 0.1) is 27.7 Å². The van der Waals surface area contributed by atoms with Gasteiger partial charge in [-0.2, -0.15) is 0 Å². The van der Waals surface area contributed by atoms with Crippen LogP contribution >= 0.6 is 0 Å². The van der Waals surface area contributed by atoms with E-state index in [9.17, 15) is 14.7 Å². The predicted molar refractivity (Wildman–Crippen MR) is 77.9 cm³/mol. The molecular weight excluding hydrogens is 254 g/mol. The lowest BCUT2D eigenvalue weighted by atomic mass is 10.1. The normalized spacial score (nSPS) is 10.6. The van der Waals surface area contributed by atoms with Crippen molar-refractivity contribution in [3.63, 3.8) is 0 Å². The zero-order valence-corrected chi connectivity index (χ0v) is 12.0. The molecular formula is C16H17NO3. The lowest BCUT2D eigenvalue weighted by Gasteiger charge is -2.14. The second-order valence-corrected chi connectivity index (χ2v) is 5.08. The van der Waals surface area contributed by atoms with Crippen molar-refractivity contribution in [2.75, 3.05) is 0 Å². The summed E-state index contributed by atoms with van der Waals surface area (Å²) in [4.78, 5) is 23.7. The topological polar surface area (TPSA) is 59.3 Å². The smallest absolute Gasteiger partial charge is 0.341 e. The first-order valence-electron chi connectivity index (χ1n) is 6.36. The molecule has 0 aliphatic rings. The van der Waals surface area contributed by atoms with E-state index in [0.29, 0.717) is 5.56 Å². The standard InChI is InChI=1S/C16H17NO3/c1-9-5-6-10(2)13(7-9)17-8-11(3)12(4)14(15(17)18)16(19)20/h5-8H,1-4H3,(H,19,20). The van der Waals surface area contributed by atoms with Gasteiger partial charge in [-0.3, -0.25) is 9.36 Å². The molecule has 0 atom stereocenters. The van der Waals surface area contributed by atoms with Crippen molar-refractivity contribution in [2.45, 2.75) is 27.7 Å². The Morgan fingerprint density at radius 3 is 2.35 bits per heavy atom. The Labute approximate surface area is 117 Å². The molecule has 1 N–H and O–H groups in total. The van der Waals surface area contributed by atoms with Crippen molar-refractivity contribution in [3.05, 3.63) is 62.6 Å². The molecule has 0 aliphatic heterocycles. The van der Waals surface area contributed by atoms with Crippen LogP contribution in [0.2, 0.25) is 0 Å². The summed E-state index contributed by atoms with van der Waals surface area (Å²) in [7, 11) is 0. The molecule has 20 heavy (non-hydrogen) atoms. The van der Waals surface area contributed by atoms with Gasteiger partial charge in [0.25, 0.3) is 5.56 Å². The molecule has 0 spiro atoms. The van der Waals surface area contributed by atoms with E-state index in [-0.39, 0.29) is 5.56 Å². The molecule has 0 saturated heterocycles. The van der Waals surface area contributed by atoms with Crippen LogP contribution in [0.4, 0.5) is 0 Å². The molecule has 0 bridgehead atoms. The monoisotopic (exact) mass is 271 g/mol. The summed E-state index contributed by atoms with van der Waals surface area (Å²) in [5.74, 6) is -1.18. The Balaban J connectivity index is 2.86. The Morgan fingerprint density at radius 2 is 1.75 bits per heavy atom. The highest BCUT2D eigenvalue weighted by molar-refractivity contribution is 5.89. The quantitative estimate of drug-likeness (QED) is 0.913. The van der Waals surface area contributed by atoms with E-state index in [1.807, 2.05) is 39.0 Å². The molecule has 0 amide bonds. The first kappa shape index (κ1) is 14.1. The molecule has 0 aliphatic carbocycles. The van der Waals surface area contributed by atoms with Gasteiger partial charge in [-0.05, 0) is 56.0 Å². The SMILES string of the molecule is Cc1ccc(C)c(-n2cc(C)c(C)c(C(=O)O)c2=O)c1. The van der Waals surface area contributed by atoms with Gasteiger partial charge in [0.05, 0.1) is 5.69 Å². The Morgan fingerprint density at radius 1 is 1.10 bits per heavy atom. The van der Waals surface area contributed by atoms with Crippen molar-refractivity contribution >= 4 is 5.97 Å². The van der Waals surface area contributed by atoms with Gasteiger partial charge in [0.1, 0.15) is 5.56 Å². The lowest BCUT2D eigenvalue weighted by Crippen LogP contribution is -2.27. The number of rotatable bonds is 2. The fraction of sp³-hybridized carbons (Fsp3) is 0.250. The highest BCUT2D eigenvalue weighted by atomic mass is 16.4. The number of pyridine rings is 1. The summed E-state index contributed by atoms with van der Waals surface area (Å²) in [6, 6.07) is 5.77. The van der Waals surface area contributed by atoms with Gasteiger partial charge in [-0.1, -0.05) is 12.1 Å². The molecule has 0 radical (unpaired) electrons. The number of nitrogens with zero attached hydrogens (tertiary/aromatic N) is 1. The van der Waals surface area contributed by atoms with Crippen molar-refractivity contribution in [3.8, 4) is 5.69 Å². The molecule has 1 heterocycles. The summed E-state index contributed by atoms with van der Waals surface area (Å²) in [6.45, 7) is 7.31. The van der Waals surface area contributed by atoms with Gasteiger partial charge < -0.3 is 5.11 Å². The van der Waals surface area contributed by atoms with Gasteiger partial charge in [-0.25, -0.2) is 4.79 Å². The van der Waals surface area contributed by atoms with Gasteiger partial charge in [0.15, 0.2) is 0 Å². The molecule has 4 nitrogen and oxygen atoms in total. The van der Waals surface area contributed by atoms with E-state index in [2.05, 4.69) is 0 Å². The third-order valence-corrected chi connectivity index (χ3v) is 3.56. The van der Waals surface area contributed by atoms with Crippen molar-refractivity contribution in [1.29, 1.82) is 0 Å². The summed E-state index contributed by atoms with van der Waals surface area (Å²) in [5.41, 5.74) is 3.32. The minimum Gasteiger partial charge on any atom is -0.477 e. The van der Waals surface area contributed by atoms with E-state index in [1.165, 1.54) is 4.57 Å². The number of hydrogen-bond acceptors (Lipinski definition) is 2. The maximum Gasteiger partial charge on any atom is 0.341 e. The molecule has 2 rings (SSSR count). The minimum absolute atomic E-state index is 0.161. The zero-order valence-electron chi connectivity index (χ0n) is 12.0. The van der Waals surface area contributed by atoms with Crippen LogP contribution in [0.3, 0.4) is 0 Å². The average molecular weight is 271 g/mol. The van der Waals surface area contributed by atoms with Crippen LogP contribution in [-0.2, 0) is 0 Å². The Kier molecular flexibility index (Phi) is 3.49. The van der Waals surface area contributed by atoms with Crippen LogP contribution in [0.5, 0.6) is 0 Å². The van der Waals surface area contributed by atoms with Crippen LogP contribution < -0.4 is 5.56 Å². The second-order valence-electron chi connectivity index (χ2n) is 5.08. The second kappa shape index (κ2) is 4.96. The third kappa shape index (κ3) is 2.25. The fourth-order valence-corrected chi connectivity index (χ4v) is 2.24. The van der Waals surface area contributed by atoms with E-state index in [4.69, 9.17) is 0 Å². The van der Waals surface area contributed by atoms with Gasteiger partial charge in [-0.15, -0.1) is 0 Å². The molecule has 0 saturated carbocycles. The number of hydrogen-bond donors (Lipinski definition) is 1. The van der Waals surface area contributed by atoms with E-state index in [1.54, 1.807) is 13.1 Å². The summed E-state index contributed by atoms with van der Waals surface area (Å²) >= 11 is 0. The van der Waals surface area contributed by atoms with Crippen LogP contribution in [0.25, 0.3) is 5.69 Å². The zero-order chi connectivity index (χ0) is 15.0. The molecule has 4 heteroatoms. The number of carboxylic acid groups (broad SMARTS) is 1. The van der Waals surface area contributed by atoms with Crippen LogP contribution in [-0.4, -0.2) is 15.6 Å². The summed E-state index contributed by atoms with van der Waals surface area (Å²) in [5, 5.41) is 9.25. The molecule has 1 aromatic carbocycles. The van der Waals surface area contributed by atoms with Crippen molar-refractivity contribution in [1.82, 2.24) is 4.57 Å². The third-order valence-electron chi connectivity index (χ3n) is 3.56. The fourth-order valence-electron chi connectivity index (χ4n) is 2.24. The molecule has 0 unspecified atom stereocenters. The summed E-state index contributed by atoms with van der Waals surface area (Å²) in [6.07, 6.45) is 1.70. The van der Waals surface area contributed by atoms with Crippen LogP contribution in [0.1, 0.15) is 32.6 Å². The number of aromatic carboxylic acids is 1. The number of carboxylic acids is 1. The Hall–Kier alpha value is -2.36. The average Bonchev–Trinajstić information content (AvgIpc) is 2.37. The van der Waals surface area contributed by atoms with Crippen LogP contribution in [0.15, 0.2) is 29.2 Å². The minimum atomic E-state index is -1.18. The number of aromatic nitrogens is 1. The maximum absolute atomic E-state index is 12.4. The molecule has 0 fully saturated rings. The summed E-state index contributed by atoms with van der Waals surface area (Å²) < 4.78 is 1.42. The van der Waals surface area contributed by atoms with Gasteiger partial charge in [0, 0.05) is 6.20 Å². The largest absolute Gasteiger partial charge is 0.477 e. The van der Waals surface area contributed by atoms with E-state index >= 15 is 0 Å². The lowest BCUT2D eigenvalue weighted by molar-refractivity contribution is 0.0693. The van der Waals surface area contributed by atoms with E-state index < -0.39 is 11.5 Å². The maximum atomic E-state index is 12.4. The Bertz CT molecular complexity index is 757.